The Morgan fingerprint density at radius 2 is 2.00 bits per heavy atom. The van der Waals surface area contributed by atoms with Gasteiger partial charge in [-0.15, -0.1) is 5.10 Å². The number of pyridine rings is 2. The van der Waals surface area contributed by atoms with Gasteiger partial charge in [0.25, 0.3) is 0 Å². The highest BCUT2D eigenvalue weighted by Gasteiger charge is 2.23. The summed E-state index contributed by atoms with van der Waals surface area (Å²) in [5, 5.41) is 20.7. The maximum absolute atomic E-state index is 12.6. The van der Waals surface area contributed by atoms with E-state index in [2.05, 4.69) is 64.2 Å². The number of tetrazole rings is 1. The van der Waals surface area contributed by atoms with Crippen molar-refractivity contribution < 1.29 is 4.79 Å². The highest BCUT2D eigenvalue weighted by molar-refractivity contribution is 6.30. The van der Waals surface area contributed by atoms with Crippen LogP contribution in [0.1, 0.15) is 35.6 Å². The molecular weight excluding hydrogens is 492 g/mol. The molecule has 0 radical (unpaired) electrons. The van der Waals surface area contributed by atoms with Crippen molar-refractivity contribution in [3.05, 3.63) is 89.2 Å². The fraction of sp³-hybridized carbons (Fsp3) is 0.200. The fourth-order valence-corrected chi connectivity index (χ4v) is 4.33. The Morgan fingerprint density at radius 3 is 2.84 bits per heavy atom. The molecule has 0 atom stereocenters. The molecule has 37 heavy (non-hydrogen) atoms. The molecule has 2 amide bonds. The summed E-state index contributed by atoms with van der Waals surface area (Å²) in [6.07, 6.45) is 9.87. The molecule has 4 heterocycles. The molecule has 1 aromatic carbocycles. The molecule has 6 rings (SSSR count). The number of carbonyl (C=O) groups excluding carboxylic acids is 1. The third-order valence-corrected chi connectivity index (χ3v) is 6.36. The largest absolute Gasteiger partial charge is 0.379 e. The van der Waals surface area contributed by atoms with Crippen LogP contribution in [0.3, 0.4) is 0 Å². The molecule has 1 aliphatic carbocycles. The van der Waals surface area contributed by atoms with Gasteiger partial charge in [0.15, 0.2) is 0 Å². The molecule has 0 aliphatic heterocycles. The molecule has 1 aliphatic rings. The zero-order valence-electron chi connectivity index (χ0n) is 19.7. The highest BCUT2D eigenvalue weighted by Crippen LogP contribution is 2.39. The maximum atomic E-state index is 12.6. The standard InChI is InChI=1S/C25H23ClN10O/c26-19-4-5-22(36-15-30-33-34-36)18(9-19)11-29-25(37)32-23-10-20(7-8-27-23)28-12-21-14-35-13-17(16-1-2-16)3-6-24(35)31-21/h3-10,13-16H,1-2,11-12H2,(H3,27,28,29,32,37). The van der Waals surface area contributed by atoms with Gasteiger partial charge in [0.2, 0.25) is 0 Å². The van der Waals surface area contributed by atoms with Crippen LogP contribution in [-0.4, -0.2) is 40.6 Å². The second kappa shape index (κ2) is 9.86. The average molecular weight is 515 g/mol. The van der Waals surface area contributed by atoms with Gasteiger partial charge in [0, 0.05) is 41.9 Å². The van der Waals surface area contributed by atoms with E-state index in [-0.39, 0.29) is 6.54 Å². The number of hydrogen-bond donors (Lipinski definition) is 3. The lowest BCUT2D eigenvalue weighted by atomic mass is 10.2. The van der Waals surface area contributed by atoms with E-state index in [4.69, 9.17) is 11.6 Å². The van der Waals surface area contributed by atoms with Crippen LogP contribution in [0.5, 0.6) is 0 Å². The summed E-state index contributed by atoms with van der Waals surface area (Å²) in [6, 6.07) is 12.7. The highest BCUT2D eigenvalue weighted by atomic mass is 35.5. The first kappa shape index (κ1) is 22.9. The Labute approximate surface area is 216 Å². The molecule has 0 unspecified atom stereocenters. The zero-order chi connectivity index (χ0) is 25.2. The fourth-order valence-electron chi connectivity index (χ4n) is 4.13. The summed E-state index contributed by atoms with van der Waals surface area (Å²) in [5.41, 5.74) is 5.52. The van der Waals surface area contributed by atoms with Crippen molar-refractivity contribution >= 4 is 34.8 Å². The third-order valence-electron chi connectivity index (χ3n) is 6.12. The van der Waals surface area contributed by atoms with E-state index in [1.54, 1.807) is 30.5 Å². The van der Waals surface area contributed by atoms with Gasteiger partial charge < -0.3 is 15.0 Å². The minimum Gasteiger partial charge on any atom is -0.379 e. The SMILES string of the molecule is O=C(NCc1cc(Cl)ccc1-n1cnnn1)Nc1cc(NCc2cn3cc(C4CC4)ccc3n2)ccn1. The van der Waals surface area contributed by atoms with Crippen LogP contribution in [0.25, 0.3) is 11.3 Å². The Kier molecular flexibility index (Phi) is 6.11. The van der Waals surface area contributed by atoms with Gasteiger partial charge in [-0.25, -0.2) is 19.4 Å². The summed E-state index contributed by atoms with van der Waals surface area (Å²) in [6.45, 7) is 0.765. The number of benzene rings is 1. The van der Waals surface area contributed by atoms with Gasteiger partial charge in [-0.2, -0.15) is 0 Å². The van der Waals surface area contributed by atoms with E-state index >= 15 is 0 Å². The Morgan fingerprint density at radius 1 is 1.08 bits per heavy atom. The normalized spacial score (nSPS) is 13.0. The number of aromatic nitrogens is 7. The molecule has 1 fully saturated rings. The molecule has 1 saturated carbocycles. The van der Waals surface area contributed by atoms with Gasteiger partial charge >= 0.3 is 6.03 Å². The number of fused-ring (bicyclic) bond motifs is 1. The van der Waals surface area contributed by atoms with Gasteiger partial charge in [0.1, 0.15) is 17.8 Å². The van der Waals surface area contributed by atoms with Crippen LogP contribution in [0.4, 0.5) is 16.3 Å². The van der Waals surface area contributed by atoms with Gasteiger partial charge in [0.05, 0.1) is 17.9 Å². The van der Waals surface area contributed by atoms with Crippen molar-refractivity contribution in [2.75, 3.05) is 10.6 Å². The lowest BCUT2D eigenvalue weighted by Crippen LogP contribution is -2.29. The van der Waals surface area contributed by atoms with E-state index in [0.717, 1.165) is 28.3 Å². The number of urea groups is 1. The van der Waals surface area contributed by atoms with Crippen molar-refractivity contribution in [2.24, 2.45) is 0 Å². The van der Waals surface area contributed by atoms with Crippen molar-refractivity contribution in [1.29, 1.82) is 0 Å². The lowest BCUT2D eigenvalue weighted by molar-refractivity contribution is 0.251. The Balaban J connectivity index is 1.06. The third kappa shape index (κ3) is 5.36. The number of halogens is 1. The van der Waals surface area contributed by atoms with E-state index in [0.29, 0.717) is 23.3 Å². The quantitative estimate of drug-likeness (QED) is 0.283. The molecule has 11 nitrogen and oxygen atoms in total. The second-order valence-electron chi connectivity index (χ2n) is 8.85. The van der Waals surface area contributed by atoms with Crippen LogP contribution >= 0.6 is 11.6 Å². The number of amides is 2. The first-order valence-electron chi connectivity index (χ1n) is 11.8. The van der Waals surface area contributed by atoms with Crippen LogP contribution in [-0.2, 0) is 13.1 Å². The number of anilines is 2. The molecule has 186 valence electrons. The molecule has 3 N–H and O–H groups in total. The number of carbonyl (C=O) groups is 1. The average Bonchev–Trinajstić information content (AvgIpc) is 3.44. The van der Waals surface area contributed by atoms with Gasteiger partial charge in [-0.3, -0.25) is 5.32 Å². The van der Waals surface area contributed by atoms with Crippen molar-refractivity contribution in [3.8, 4) is 5.69 Å². The summed E-state index contributed by atoms with van der Waals surface area (Å²) >= 11 is 6.15. The minimum atomic E-state index is -0.404. The number of nitrogens with one attached hydrogen (secondary N) is 3. The van der Waals surface area contributed by atoms with E-state index in [1.165, 1.54) is 29.4 Å². The molecule has 0 spiro atoms. The minimum absolute atomic E-state index is 0.218. The number of hydrogen-bond acceptors (Lipinski definition) is 7. The van der Waals surface area contributed by atoms with Crippen LogP contribution in [0.15, 0.2) is 67.4 Å². The predicted molar refractivity (Wildman–Crippen MR) is 139 cm³/mol. The van der Waals surface area contributed by atoms with Crippen molar-refractivity contribution in [3.63, 3.8) is 0 Å². The van der Waals surface area contributed by atoms with Gasteiger partial charge in [-0.05, 0) is 70.6 Å². The number of rotatable bonds is 8. The second-order valence-corrected chi connectivity index (χ2v) is 9.29. The summed E-state index contributed by atoms with van der Waals surface area (Å²) in [5.74, 6) is 1.12. The van der Waals surface area contributed by atoms with Crippen molar-refractivity contribution in [2.45, 2.75) is 31.8 Å². The molecule has 0 bridgehead atoms. The maximum Gasteiger partial charge on any atom is 0.320 e. The summed E-state index contributed by atoms with van der Waals surface area (Å²) in [7, 11) is 0. The zero-order valence-corrected chi connectivity index (χ0v) is 20.4. The smallest absolute Gasteiger partial charge is 0.320 e. The van der Waals surface area contributed by atoms with E-state index in [9.17, 15) is 4.79 Å². The van der Waals surface area contributed by atoms with Crippen LogP contribution in [0, 0.1) is 0 Å². The first-order chi connectivity index (χ1) is 18.1. The Bertz CT molecular complexity index is 1560. The monoisotopic (exact) mass is 514 g/mol. The summed E-state index contributed by atoms with van der Waals surface area (Å²) < 4.78 is 3.59. The summed E-state index contributed by atoms with van der Waals surface area (Å²) in [4.78, 5) is 21.5. The van der Waals surface area contributed by atoms with E-state index in [1.807, 2.05) is 12.3 Å². The number of nitrogens with zero attached hydrogens (tertiary/aromatic N) is 7. The van der Waals surface area contributed by atoms with Crippen molar-refractivity contribution in [1.82, 2.24) is 39.9 Å². The molecule has 4 aromatic heterocycles. The van der Waals surface area contributed by atoms with Crippen LogP contribution < -0.4 is 16.0 Å². The predicted octanol–water partition coefficient (Wildman–Crippen LogP) is 4.17. The topological polar surface area (TPSA) is 127 Å². The van der Waals surface area contributed by atoms with Crippen LogP contribution in [0.2, 0.25) is 5.02 Å². The van der Waals surface area contributed by atoms with Gasteiger partial charge in [-0.1, -0.05) is 17.7 Å². The Hall–Kier alpha value is -4.51. The number of imidazole rings is 1. The molecule has 0 saturated heterocycles. The van der Waals surface area contributed by atoms with E-state index < -0.39 is 6.03 Å². The first-order valence-corrected chi connectivity index (χ1v) is 12.2. The molecule has 5 aromatic rings. The molecular formula is C25H23ClN10O. The lowest BCUT2D eigenvalue weighted by Gasteiger charge is -2.12. The molecule has 12 heteroatoms.